The number of rotatable bonds is 2. The van der Waals surface area contributed by atoms with E-state index in [-0.39, 0.29) is 37.9 Å². The molecule has 0 unspecified atom stereocenters. The molecule has 0 aromatic heterocycles. The van der Waals surface area contributed by atoms with Crippen molar-refractivity contribution in [3.8, 4) is 0 Å². The van der Waals surface area contributed by atoms with Crippen molar-refractivity contribution in [2.45, 2.75) is 0 Å². The van der Waals surface area contributed by atoms with Crippen LogP contribution in [0.2, 0.25) is 0 Å². The predicted molar refractivity (Wildman–Crippen MR) is 85.5 cm³/mol. The first-order valence-corrected chi connectivity index (χ1v) is 7.65. The van der Waals surface area contributed by atoms with Crippen molar-refractivity contribution >= 4 is 17.4 Å². The van der Waals surface area contributed by atoms with E-state index in [1.54, 1.807) is 4.90 Å². The van der Waals surface area contributed by atoms with Crippen LogP contribution in [0.1, 0.15) is 0 Å². The predicted octanol–water partition coefficient (Wildman–Crippen LogP) is 3.60. The van der Waals surface area contributed by atoms with Gasteiger partial charge in [-0.3, -0.25) is 0 Å². The summed E-state index contributed by atoms with van der Waals surface area (Å²) in [6, 6.07) is 7.06. The standard InChI is InChI=1S/C17H15F4N3O/c18-11-1-3-12(4-2-11)22-17(25)24-9-7-23(8-10-24)14-6-5-13(19)15(20)16(14)21/h1-6H,7-10H2,(H,22,25). The molecule has 2 aromatic rings. The van der Waals surface area contributed by atoms with E-state index >= 15 is 0 Å². The summed E-state index contributed by atoms with van der Waals surface area (Å²) in [6.45, 7) is 1.12. The molecule has 25 heavy (non-hydrogen) atoms. The highest BCUT2D eigenvalue weighted by Gasteiger charge is 2.24. The first-order valence-electron chi connectivity index (χ1n) is 7.65. The number of nitrogens with zero attached hydrogens (tertiary/aromatic N) is 2. The fourth-order valence-electron chi connectivity index (χ4n) is 2.65. The Morgan fingerprint density at radius 1 is 0.840 bits per heavy atom. The number of halogens is 4. The first kappa shape index (κ1) is 17.1. The van der Waals surface area contributed by atoms with E-state index in [0.717, 1.165) is 6.07 Å². The molecule has 0 bridgehead atoms. The Morgan fingerprint density at radius 3 is 2.12 bits per heavy atom. The van der Waals surface area contributed by atoms with Crippen molar-refractivity contribution in [2.75, 3.05) is 36.4 Å². The van der Waals surface area contributed by atoms with Crippen LogP contribution in [0.3, 0.4) is 0 Å². The van der Waals surface area contributed by atoms with E-state index in [0.29, 0.717) is 5.69 Å². The number of anilines is 2. The number of nitrogens with one attached hydrogen (secondary N) is 1. The van der Waals surface area contributed by atoms with Gasteiger partial charge in [0, 0.05) is 31.9 Å². The Labute approximate surface area is 141 Å². The van der Waals surface area contributed by atoms with Crippen LogP contribution >= 0.6 is 0 Å². The van der Waals surface area contributed by atoms with Crippen molar-refractivity contribution in [3.05, 3.63) is 59.7 Å². The average molecular weight is 353 g/mol. The molecular weight excluding hydrogens is 338 g/mol. The summed E-state index contributed by atoms with van der Waals surface area (Å²) in [5.41, 5.74) is 0.429. The maximum atomic E-state index is 13.8. The van der Waals surface area contributed by atoms with Gasteiger partial charge in [0.2, 0.25) is 0 Å². The molecule has 1 aliphatic heterocycles. The number of hydrogen-bond acceptors (Lipinski definition) is 2. The summed E-state index contributed by atoms with van der Waals surface area (Å²) in [4.78, 5) is 15.2. The lowest BCUT2D eigenvalue weighted by Gasteiger charge is -2.36. The number of urea groups is 1. The molecule has 3 rings (SSSR count). The minimum atomic E-state index is -1.51. The second-order valence-electron chi connectivity index (χ2n) is 5.61. The Bertz CT molecular complexity index is 774. The van der Waals surface area contributed by atoms with Crippen LogP contribution in [0.25, 0.3) is 0 Å². The largest absolute Gasteiger partial charge is 0.366 e. The van der Waals surface area contributed by atoms with Gasteiger partial charge in [-0.05, 0) is 36.4 Å². The van der Waals surface area contributed by atoms with Gasteiger partial charge >= 0.3 is 6.03 Å². The molecule has 1 saturated heterocycles. The molecule has 132 valence electrons. The van der Waals surface area contributed by atoms with Crippen molar-refractivity contribution in [1.82, 2.24) is 4.90 Å². The summed E-state index contributed by atoms with van der Waals surface area (Å²) in [5, 5.41) is 2.64. The number of benzene rings is 2. The van der Waals surface area contributed by atoms with Gasteiger partial charge in [0.15, 0.2) is 17.5 Å². The highest BCUT2D eigenvalue weighted by molar-refractivity contribution is 5.89. The molecule has 1 aliphatic rings. The summed E-state index contributed by atoms with van der Waals surface area (Å²) in [5.74, 6) is -4.38. The molecule has 0 radical (unpaired) electrons. The van der Waals surface area contributed by atoms with Crippen LogP contribution in [-0.4, -0.2) is 37.1 Å². The van der Waals surface area contributed by atoms with Crippen molar-refractivity contribution < 1.29 is 22.4 Å². The van der Waals surface area contributed by atoms with Crippen LogP contribution in [-0.2, 0) is 0 Å². The van der Waals surface area contributed by atoms with E-state index in [1.165, 1.54) is 35.2 Å². The van der Waals surface area contributed by atoms with Crippen LogP contribution in [0.15, 0.2) is 36.4 Å². The van der Waals surface area contributed by atoms with Crippen molar-refractivity contribution in [1.29, 1.82) is 0 Å². The number of amides is 2. The van der Waals surface area contributed by atoms with Gasteiger partial charge < -0.3 is 15.1 Å². The van der Waals surface area contributed by atoms with E-state index in [9.17, 15) is 22.4 Å². The third-order valence-corrected chi connectivity index (χ3v) is 4.02. The fraction of sp³-hybridized carbons (Fsp3) is 0.235. The second kappa shape index (κ2) is 7.00. The van der Waals surface area contributed by atoms with Crippen LogP contribution in [0.5, 0.6) is 0 Å². The quantitative estimate of drug-likeness (QED) is 0.662. The molecule has 0 spiro atoms. The fourth-order valence-corrected chi connectivity index (χ4v) is 2.65. The van der Waals surface area contributed by atoms with Crippen molar-refractivity contribution in [2.24, 2.45) is 0 Å². The molecule has 2 amide bonds. The zero-order valence-corrected chi connectivity index (χ0v) is 13.1. The van der Waals surface area contributed by atoms with E-state index in [4.69, 9.17) is 0 Å². The molecule has 4 nitrogen and oxygen atoms in total. The monoisotopic (exact) mass is 353 g/mol. The SMILES string of the molecule is O=C(Nc1ccc(F)cc1)N1CCN(c2ccc(F)c(F)c2F)CC1. The lowest BCUT2D eigenvalue weighted by Crippen LogP contribution is -2.50. The minimum Gasteiger partial charge on any atom is -0.366 e. The summed E-state index contributed by atoms with van der Waals surface area (Å²) < 4.78 is 53.1. The van der Waals surface area contributed by atoms with Crippen LogP contribution in [0.4, 0.5) is 33.7 Å². The highest BCUT2D eigenvalue weighted by Crippen LogP contribution is 2.24. The third kappa shape index (κ3) is 3.67. The Hall–Kier alpha value is -2.77. The topological polar surface area (TPSA) is 35.6 Å². The summed E-state index contributed by atoms with van der Waals surface area (Å²) >= 11 is 0. The zero-order chi connectivity index (χ0) is 18.0. The Morgan fingerprint density at radius 2 is 1.48 bits per heavy atom. The number of carbonyl (C=O) groups excluding carboxylic acids is 1. The Kier molecular flexibility index (Phi) is 4.78. The molecule has 0 atom stereocenters. The second-order valence-corrected chi connectivity index (χ2v) is 5.61. The highest BCUT2D eigenvalue weighted by atomic mass is 19.2. The normalized spacial score (nSPS) is 14.6. The number of hydrogen-bond donors (Lipinski definition) is 1. The van der Waals surface area contributed by atoms with E-state index in [2.05, 4.69) is 5.32 Å². The molecule has 1 N–H and O–H groups in total. The van der Waals surface area contributed by atoms with Gasteiger partial charge in [0.05, 0.1) is 5.69 Å². The summed E-state index contributed by atoms with van der Waals surface area (Å²) in [6.07, 6.45) is 0. The minimum absolute atomic E-state index is 0.0301. The maximum Gasteiger partial charge on any atom is 0.321 e. The number of carbonyl (C=O) groups is 1. The molecule has 1 heterocycles. The van der Waals surface area contributed by atoms with Gasteiger partial charge in [-0.2, -0.15) is 0 Å². The third-order valence-electron chi connectivity index (χ3n) is 4.02. The lowest BCUT2D eigenvalue weighted by molar-refractivity contribution is 0.208. The molecule has 2 aromatic carbocycles. The molecule has 8 heteroatoms. The average Bonchev–Trinajstić information content (AvgIpc) is 2.62. The molecular formula is C17H15F4N3O. The van der Waals surface area contributed by atoms with E-state index in [1.807, 2.05) is 0 Å². The maximum absolute atomic E-state index is 13.8. The van der Waals surface area contributed by atoms with Crippen LogP contribution in [0, 0.1) is 23.3 Å². The van der Waals surface area contributed by atoms with Gasteiger partial charge in [0.25, 0.3) is 0 Å². The lowest BCUT2D eigenvalue weighted by atomic mass is 10.2. The van der Waals surface area contributed by atoms with Gasteiger partial charge in [-0.25, -0.2) is 22.4 Å². The molecule has 0 saturated carbocycles. The van der Waals surface area contributed by atoms with Gasteiger partial charge in [0.1, 0.15) is 5.82 Å². The smallest absolute Gasteiger partial charge is 0.321 e. The first-order chi connectivity index (χ1) is 12.0. The summed E-state index contributed by atoms with van der Waals surface area (Å²) in [7, 11) is 0. The van der Waals surface area contributed by atoms with Crippen LogP contribution < -0.4 is 10.2 Å². The molecule has 1 fully saturated rings. The molecule has 0 aliphatic carbocycles. The van der Waals surface area contributed by atoms with Gasteiger partial charge in [-0.1, -0.05) is 0 Å². The van der Waals surface area contributed by atoms with Crippen molar-refractivity contribution in [3.63, 3.8) is 0 Å². The Balaban J connectivity index is 1.61. The zero-order valence-electron chi connectivity index (χ0n) is 13.1. The van der Waals surface area contributed by atoms with E-state index < -0.39 is 23.3 Å². The van der Waals surface area contributed by atoms with Gasteiger partial charge in [-0.15, -0.1) is 0 Å². The number of piperazine rings is 1.